The molecule has 0 atom stereocenters. The maximum absolute atomic E-state index is 12.9. The summed E-state index contributed by atoms with van der Waals surface area (Å²) >= 11 is 0. The summed E-state index contributed by atoms with van der Waals surface area (Å²) in [7, 11) is 1.70. The van der Waals surface area contributed by atoms with Crippen LogP contribution in [0, 0.1) is 5.92 Å². The molecular formula is C19H30N4O3. The normalized spacial score (nSPS) is 18.8. The zero-order valence-electron chi connectivity index (χ0n) is 16.1. The molecule has 1 fully saturated rings. The Bertz CT molecular complexity index is 658. The fourth-order valence-electron chi connectivity index (χ4n) is 3.65. The molecule has 3 rings (SSSR count). The van der Waals surface area contributed by atoms with Crippen LogP contribution in [0.1, 0.15) is 62.1 Å². The Balaban J connectivity index is 1.71. The van der Waals surface area contributed by atoms with Gasteiger partial charge in [-0.3, -0.25) is 9.59 Å². The van der Waals surface area contributed by atoms with Crippen LogP contribution in [0.3, 0.4) is 0 Å². The number of hydrogen-bond acceptors (Lipinski definition) is 4. The van der Waals surface area contributed by atoms with Crippen molar-refractivity contribution in [2.24, 2.45) is 5.92 Å². The van der Waals surface area contributed by atoms with E-state index in [0.717, 1.165) is 37.9 Å². The lowest BCUT2D eigenvalue weighted by molar-refractivity contribution is -0.144. The minimum absolute atomic E-state index is 0.106. The van der Waals surface area contributed by atoms with Crippen molar-refractivity contribution in [2.75, 3.05) is 20.2 Å². The first-order chi connectivity index (χ1) is 12.4. The number of amides is 2. The highest BCUT2D eigenvalue weighted by Crippen LogP contribution is 2.38. The Labute approximate surface area is 155 Å². The first kappa shape index (κ1) is 18.9. The lowest BCUT2D eigenvalue weighted by Gasteiger charge is -2.41. The number of carbonyl (C=O) groups excluding carboxylic acids is 2. The van der Waals surface area contributed by atoms with E-state index in [4.69, 9.17) is 4.74 Å². The number of nitrogens with zero attached hydrogens (tertiary/aromatic N) is 3. The Morgan fingerprint density at radius 1 is 1.31 bits per heavy atom. The van der Waals surface area contributed by atoms with Gasteiger partial charge in [-0.15, -0.1) is 0 Å². The standard InChI is InChI=1S/C19H30N4O3/c1-14(2)11-20-18(25)17-15-12-22(8-5-9-23(15)13-21-17)16(24)10-19(26-3)6-4-7-19/h13-14H,4-12H2,1-3H3,(H,20,25). The highest BCUT2D eigenvalue weighted by atomic mass is 16.5. The molecule has 0 bridgehead atoms. The number of hydrogen-bond donors (Lipinski definition) is 1. The first-order valence-corrected chi connectivity index (χ1v) is 9.59. The van der Waals surface area contributed by atoms with Gasteiger partial charge in [-0.05, 0) is 31.6 Å². The van der Waals surface area contributed by atoms with Gasteiger partial charge < -0.3 is 19.5 Å². The Kier molecular flexibility index (Phi) is 5.65. The monoisotopic (exact) mass is 362 g/mol. The van der Waals surface area contributed by atoms with Crippen LogP contribution in [0.2, 0.25) is 0 Å². The summed E-state index contributed by atoms with van der Waals surface area (Å²) in [6.07, 6.45) is 6.02. The second kappa shape index (κ2) is 7.78. The van der Waals surface area contributed by atoms with E-state index < -0.39 is 0 Å². The minimum atomic E-state index is -0.277. The number of methoxy groups -OCH3 is 1. The second-order valence-electron chi connectivity index (χ2n) is 7.92. The molecule has 7 heteroatoms. The Hall–Kier alpha value is -1.89. The third-order valence-corrected chi connectivity index (χ3v) is 5.52. The number of ether oxygens (including phenoxy) is 1. The van der Waals surface area contributed by atoms with Crippen LogP contribution < -0.4 is 5.32 Å². The lowest BCUT2D eigenvalue weighted by atomic mass is 9.77. The summed E-state index contributed by atoms with van der Waals surface area (Å²) in [5.74, 6) is 0.329. The molecule has 2 aliphatic rings. The molecule has 144 valence electrons. The molecule has 1 aliphatic heterocycles. The summed E-state index contributed by atoms with van der Waals surface area (Å²) in [6.45, 7) is 6.64. The summed E-state index contributed by atoms with van der Waals surface area (Å²) < 4.78 is 7.62. The van der Waals surface area contributed by atoms with Gasteiger partial charge in [-0.2, -0.15) is 0 Å². The lowest BCUT2D eigenvalue weighted by Crippen LogP contribution is -2.45. The van der Waals surface area contributed by atoms with Crippen LogP contribution in [0.15, 0.2) is 6.33 Å². The van der Waals surface area contributed by atoms with Crippen LogP contribution in [-0.2, 0) is 22.6 Å². The predicted octanol–water partition coefficient (Wildman–Crippen LogP) is 1.96. The molecular weight excluding hydrogens is 332 g/mol. The average Bonchev–Trinajstić information content (AvgIpc) is 2.85. The maximum atomic E-state index is 12.9. The van der Waals surface area contributed by atoms with Gasteiger partial charge in [0.1, 0.15) is 0 Å². The van der Waals surface area contributed by atoms with Crippen LogP contribution in [-0.4, -0.2) is 52.1 Å². The average molecular weight is 362 g/mol. The van der Waals surface area contributed by atoms with Crippen LogP contribution in [0.25, 0.3) is 0 Å². The van der Waals surface area contributed by atoms with Gasteiger partial charge in [0.25, 0.3) is 5.91 Å². The molecule has 1 aliphatic carbocycles. The van der Waals surface area contributed by atoms with E-state index in [2.05, 4.69) is 24.1 Å². The van der Waals surface area contributed by atoms with Crippen molar-refractivity contribution in [3.8, 4) is 0 Å². The van der Waals surface area contributed by atoms with Crippen LogP contribution >= 0.6 is 0 Å². The number of carbonyl (C=O) groups is 2. The van der Waals surface area contributed by atoms with Gasteiger partial charge in [-0.1, -0.05) is 13.8 Å². The predicted molar refractivity (Wildman–Crippen MR) is 97.6 cm³/mol. The van der Waals surface area contributed by atoms with E-state index in [0.29, 0.717) is 37.7 Å². The molecule has 26 heavy (non-hydrogen) atoms. The van der Waals surface area contributed by atoms with Crippen LogP contribution in [0.5, 0.6) is 0 Å². The highest BCUT2D eigenvalue weighted by molar-refractivity contribution is 5.93. The smallest absolute Gasteiger partial charge is 0.271 e. The molecule has 7 nitrogen and oxygen atoms in total. The fraction of sp³-hybridized carbons (Fsp3) is 0.737. The first-order valence-electron chi connectivity index (χ1n) is 9.59. The van der Waals surface area contributed by atoms with E-state index in [9.17, 15) is 9.59 Å². The Morgan fingerprint density at radius 2 is 2.08 bits per heavy atom. The molecule has 1 N–H and O–H groups in total. The van der Waals surface area contributed by atoms with E-state index in [1.807, 2.05) is 9.47 Å². The Morgan fingerprint density at radius 3 is 2.69 bits per heavy atom. The third kappa shape index (κ3) is 3.92. The number of aromatic nitrogens is 2. The number of imidazole rings is 1. The van der Waals surface area contributed by atoms with Gasteiger partial charge in [-0.25, -0.2) is 4.98 Å². The molecule has 0 saturated heterocycles. The topological polar surface area (TPSA) is 76.5 Å². The molecule has 0 spiro atoms. The van der Waals surface area contributed by atoms with E-state index in [1.165, 1.54) is 0 Å². The van der Waals surface area contributed by atoms with E-state index in [-0.39, 0.29) is 17.4 Å². The molecule has 2 heterocycles. The largest absolute Gasteiger partial charge is 0.378 e. The van der Waals surface area contributed by atoms with Crippen molar-refractivity contribution < 1.29 is 14.3 Å². The zero-order chi connectivity index (χ0) is 18.7. The molecule has 1 saturated carbocycles. The van der Waals surface area contributed by atoms with Gasteiger partial charge in [0.15, 0.2) is 5.69 Å². The number of nitrogens with one attached hydrogen (secondary N) is 1. The zero-order valence-corrected chi connectivity index (χ0v) is 16.1. The molecule has 0 unspecified atom stereocenters. The van der Waals surface area contributed by atoms with E-state index in [1.54, 1.807) is 13.4 Å². The maximum Gasteiger partial charge on any atom is 0.271 e. The quantitative estimate of drug-likeness (QED) is 0.839. The number of aryl methyl sites for hydroxylation is 1. The summed E-state index contributed by atoms with van der Waals surface area (Å²) in [4.78, 5) is 31.5. The third-order valence-electron chi connectivity index (χ3n) is 5.52. The molecule has 1 aromatic rings. The number of rotatable bonds is 6. The minimum Gasteiger partial charge on any atom is -0.378 e. The van der Waals surface area contributed by atoms with Gasteiger partial charge >= 0.3 is 0 Å². The second-order valence-corrected chi connectivity index (χ2v) is 7.92. The van der Waals surface area contributed by atoms with Crippen molar-refractivity contribution in [2.45, 2.75) is 64.6 Å². The van der Waals surface area contributed by atoms with Crippen molar-refractivity contribution in [1.29, 1.82) is 0 Å². The van der Waals surface area contributed by atoms with E-state index >= 15 is 0 Å². The summed E-state index contributed by atoms with van der Waals surface area (Å²) in [5, 5.41) is 2.93. The van der Waals surface area contributed by atoms with Gasteiger partial charge in [0, 0.05) is 26.7 Å². The van der Waals surface area contributed by atoms with Crippen molar-refractivity contribution >= 4 is 11.8 Å². The van der Waals surface area contributed by atoms with Gasteiger partial charge in [0.2, 0.25) is 5.91 Å². The van der Waals surface area contributed by atoms with Crippen molar-refractivity contribution in [1.82, 2.24) is 19.8 Å². The molecule has 2 amide bonds. The summed E-state index contributed by atoms with van der Waals surface area (Å²) in [5.41, 5.74) is 0.994. The van der Waals surface area contributed by atoms with Crippen molar-refractivity contribution in [3.05, 3.63) is 17.7 Å². The molecule has 1 aromatic heterocycles. The van der Waals surface area contributed by atoms with Crippen molar-refractivity contribution in [3.63, 3.8) is 0 Å². The molecule has 0 aromatic carbocycles. The summed E-state index contributed by atoms with van der Waals surface area (Å²) in [6, 6.07) is 0. The van der Waals surface area contributed by atoms with Gasteiger partial charge in [0.05, 0.1) is 30.6 Å². The highest BCUT2D eigenvalue weighted by Gasteiger charge is 2.40. The van der Waals surface area contributed by atoms with Crippen LogP contribution in [0.4, 0.5) is 0 Å². The molecule has 0 radical (unpaired) electrons. The number of fused-ring (bicyclic) bond motifs is 1. The SMILES string of the molecule is COC1(CC(=O)N2CCCn3cnc(C(=O)NCC(C)C)c3C2)CCC1. The fourth-order valence-corrected chi connectivity index (χ4v) is 3.65.